The van der Waals surface area contributed by atoms with E-state index in [1.165, 1.54) is 0 Å². The Balaban J connectivity index is 2.67. The van der Waals surface area contributed by atoms with Crippen molar-refractivity contribution in [2.75, 3.05) is 13.1 Å². The number of nitrogens with one attached hydrogen (secondary N) is 1. The Morgan fingerprint density at radius 1 is 1.91 bits per heavy atom. The first kappa shape index (κ1) is 8.00. The average molecular weight is 159 g/mol. The zero-order valence-corrected chi connectivity index (χ0v) is 6.22. The van der Waals surface area contributed by atoms with Crippen LogP contribution in [0, 0.1) is 0 Å². The zero-order valence-electron chi connectivity index (χ0n) is 6.22. The molecule has 0 fully saturated rings. The Hall–Kier alpha value is -1.10. The van der Waals surface area contributed by atoms with E-state index in [-0.39, 0.29) is 12.1 Å². The third kappa shape index (κ3) is 1.48. The lowest BCUT2D eigenvalue weighted by Crippen LogP contribution is -2.31. The Labute approximate surface area is 63.8 Å². The van der Waals surface area contributed by atoms with Crippen LogP contribution in [0.4, 0.5) is 4.39 Å². The molecule has 1 amide bonds. The summed E-state index contributed by atoms with van der Waals surface area (Å²) in [5.41, 5.74) is 7.30. The number of rotatable bonds is 2. The van der Waals surface area contributed by atoms with Crippen molar-refractivity contribution in [2.24, 2.45) is 5.73 Å². The van der Waals surface area contributed by atoms with E-state index in [0.717, 1.165) is 0 Å². The van der Waals surface area contributed by atoms with E-state index in [9.17, 15) is 9.18 Å². The summed E-state index contributed by atoms with van der Waals surface area (Å²) in [6.45, 7) is 2.73. The van der Waals surface area contributed by atoms with Gasteiger partial charge in [-0.15, -0.1) is 0 Å². The molecule has 0 saturated carbocycles. The number of carbonyl (C=O) groups is 1. The second-order valence-corrected chi connectivity index (χ2v) is 2.28. The Morgan fingerprint density at radius 2 is 2.55 bits per heavy atom. The molecule has 0 bridgehead atoms. The quantitative estimate of drug-likeness (QED) is 0.534. The van der Waals surface area contributed by atoms with E-state index in [1.54, 1.807) is 5.01 Å². The van der Waals surface area contributed by atoms with Crippen LogP contribution < -0.4 is 11.2 Å². The molecular formula is C6H10FN3O. The molecule has 5 heteroatoms. The number of carbonyl (C=O) groups excluding carboxylic acids is 1. The van der Waals surface area contributed by atoms with Crippen LogP contribution in [0.25, 0.3) is 0 Å². The van der Waals surface area contributed by atoms with Gasteiger partial charge in [0.2, 0.25) is 5.95 Å². The van der Waals surface area contributed by atoms with Gasteiger partial charge < -0.3 is 5.73 Å². The van der Waals surface area contributed by atoms with E-state index in [4.69, 9.17) is 5.73 Å². The van der Waals surface area contributed by atoms with Gasteiger partial charge in [-0.1, -0.05) is 6.92 Å². The summed E-state index contributed by atoms with van der Waals surface area (Å²) in [5, 5.41) is 1.56. The van der Waals surface area contributed by atoms with E-state index >= 15 is 0 Å². The van der Waals surface area contributed by atoms with Gasteiger partial charge in [0.1, 0.15) is 0 Å². The molecule has 1 rings (SSSR count). The SMILES string of the molecule is CCN1CC(C(N)=O)=C(F)N1. The normalized spacial score (nSPS) is 18.7. The Bertz CT molecular complexity index is 214. The van der Waals surface area contributed by atoms with Gasteiger partial charge in [0.05, 0.1) is 12.1 Å². The number of nitrogens with two attached hydrogens (primary N) is 1. The number of likely N-dealkylation sites (N-methyl/N-ethyl adjacent to an activating group) is 1. The molecule has 1 aliphatic rings. The largest absolute Gasteiger partial charge is 0.366 e. The highest BCUT2D eigenvalue weighted by molar-refractivity contribution is 5.93. The summed E-state index contributed by atoms with van der Waals surface area (Å²) in [6, 6.07) is 0. The lowest BCUT2D eigenvalue weighted by atomic mass is 10.3. The molecule has 0 aromatic heterocycles. The van der Waals surface area contributed by atoms with Crippen molar-refractivity contribution in [3.8, 4) is 0 Å². The standard InChI is InChI=1S/C6H10FN3O/c1-2-10-3-4(6(8)11)5(7)9-10/h9H,2-3H2,1H3,(H2,8,11). The van der Waals surface area contributed by atoms with Crippen LogP contribution in [0.2, 0.25) is 0 Å². The van der Waals surface area contributed by atoms with E-state index < -0.39 is 11.9 Å². The van der Waals surface area contributed by atoms with Gasteiger partial charge in [0.25, 0.3) is 5.91 Å². The second kappa shape index (κ2) is 2.87. The highest BCUT2D eigenvalue weighted by Crippen LogP contribution is 2.11. The van der Waals surface area contributed by atoms with Crippen LogP contribution in [0.3, 0.4) is 0 Å². The molecule has 1 aliphatic heterocycles. The highest BCUT2D eigenvalue weighted by Gasteiger charge is 2.23. The summed E-state index contributed by atoms with van der Waals surface area (Å²) < 4.78 is 12.7. The smallest absolute Gasteiger partial charge is 0.250 e. The molecule has 1 heterocycles. The lowest BCUT2D eigenvalue weighted by Gasteiger charge is -2.11. The number of halogens is 1. The Kier molecular flexibility index (Phi) is 2.09. The Morgan fingerprint density at radius 3 is 2.82 bits per heavy atom. The topological polar surface area (TPSA) is 58.4 Å². The summed E-state index contributed by atoms with van der Waals surface area (Å²) >= 11 is 0. The van der Waals surface area contributed by atoms with Crippen molar-refractivity contribution < 1.29 is 9.18 Å². The first-order chi connectivity index (χ1) is 5.15. The van der Waals surface area contributed by atoms with Crippen LogP contribution in [0.15, 0.2) is 11.5 Å². The van der Waals surface area contributed by atoms with Crippen LogP contribution in [-0.2, 0) is 4.79 Å². The molecule has 0 atom stereocenters. The number of hydrogen-bond donors (Lipinski definition) is 2. The predicted molar refractivity (Wildman–Crippen MR) is 37.7 cm³/mol. The van der Waals surface area contributed by atoms with Crippen molar-refractivity contribution in [3.63, 3.8) is 0 Å². The van der Waals surface area contributed by atoms with Crippen LogP contribution in [-0.4, -0.2) is 24.0 Å². The first-order valence-corrected chi connectivity index (χ1v) is 3.35. The minimum Gasteiger partial charge on any atom is -0.366 e. The zero-order chi connectivity index (χ0) is 8.43. The number of nitrogens with zero attached hydrogens (tertiary/aromatic N) is 1. The molecule has 4 nitrogen and oxygen atoms in total. The van der Waals surface area contributed by atoms with Gasteiger partial charge in [0, 0.05) is 6.54 Å². The second-order valence-electron chi connectivity index (χ2n) is 2.28. The molecule has 0 aliphatic carbocycles. The number of hydrazine groups is 1. The maximum absolute atomic E-state index is 12.7. The maximum atomic E-state index is 12.7. The van der Waals surface area contributed by atoms with Gasteiger partial charge in [-0.25, -0.2) is 5.01 Å². The average Bonchev–Trinajstić information content (AvgIpc) is 2.30. The van der Waals surface area contributed by atoms with Crippen molar-refractivity contribution in [1.29, 1.82) is 0 Å². The predicted octanol–water partition coefficient (Wildman–Crippen LogP) is -0.507. The van der Waals surface area contributed by atoms with E-state index in [1.807, 2.05) is 6.92 Å². The maximum Gasteiger partial charge on any atom is 0.250 e. The summed E-state index contributed by atoms with van der Waals surface area (Å²) in [6.07, 6.45) is 0. The molecule has 0 radical (unpaired) electrons. The highest BCUT2D eigenvalue weighted by atomic mass is 19.1. The number of primary amides is 1. The fourth-order valence-corrected chi connectivity index (χ4v) is 0.883. The van der Waals surface area contributed by atoms with E-state index in [0.29, 0.717) is 6.54 Å². The summed E-state index contributed by atoms with van der Waals surface area (Å²) in [4.78, 5) is 10.5. The van der Waals surface area contributed by atoms with Gasteiger partial charge in [0.15, 0.2) is 0 Å². The van der Waals surface area contributed by atoms with Crippen LogP contribution >= 0.6 is 0 Å². The fourth-order valence-electron chi connectivity index (χ4n) is 0.883. The van der Waals surface area contributed by atoms with Gasteiger partial charge in [-0.05, 0) is 0 Å². The lowest BCUT2D eigenvalue weighted by molar-refractivity contribution is -0.114. The molecular weight excluding hydrogens is 149 g/mol. The first-order valence-electron chi connectivity index (χ1n) is 3.35. The van der Waals surface area contributed by atoms with Crippen molar-refractivity contribution in [2.45, 2.75) is 6.92 Å². The molecule has 62 valence electrons. The molecule has 0 aromatic carbocycles. The molecule has 0 unspecified atom stereocenters. The van der Waals surface area contributed by atoms with Gasteiger partial charge in [-0.3, -0.25) is 10.2 Å². The molecule has 11 heavy (non-hydrogen) atoms. The van der Waals surface area contributed by atoms with Crippen molar-refractivity contribution >= 4 is 5.91 Å². The minimum absolute atomic E-state index is 0.0202. The van der Waals surface area contributed by atoms with E-state index in [2.05, 4.69) is 5.43 Å². The van der Waals surface area contributed by atoms with Crippen molar-refractivity contribution in [1.82, 2.24) is 10.4 Å². The number of hydrogen-bond acceptors (Lipinski definition) is 3. The molecule has 0 saturated heterocycles. The fraction of sp³-hybridized carbons (Fsp3) is 0.500. The third-order valence-electron chi connectivity index (χ3n) is 1.55. The molecule has 3 N–H and O–H groups in total. The number of amides is 1. The van der Waals surface area contributed by atoms with Crippen LogP contribution in [0.5, 0.6) is 0 Å². The molecule has 0 spiro atoms. The third-order valence-corrected chi connectivity index (χ3v) is 1.55. The van der Waals surface area contributed by atoms with Gasteiger partial charge in [-0.2, -0.15) is 4.39 Å². The summed E-state index contributed by atoms with van der Waals surface area (Å²) in [7, 11) is 0. The monoisotopic (exact) mass is 159 g/mol. The van der Waals surface area contributed by atoms with Crippen molar-refractivity contribution in [3.05, 3.63) is 11.5 Å². The van der Waals surface area contributed by atoms with Crippen LogP contribution in [0.1, 0.15) is 6.92 Å². The minimum atomic E-state index is -0.703. The summed E-state index contributed by atoms with van der Waals surface area (Å²) in [5.74, 6) is -1.33. The van der Waals surface area contributed by atoms with Gasteiger partial charge >= 0.3 is 0 Å². The molecule has 0 aromatic rings.